The van der Waals surface area contributed by atoms with E-state index in [0.717, 1.165) is 11.6 Å². The molecular weight excluding hydrogens is 280 g/mol. The molecule has 0 spiro atoms. The Morgan fingerprint density at radius 1 is 1.19 bits per heavy atom. The van der Waals surface area contributed by atoms with Crippen molar-refractivity contribution in [3.8, 4) is 0 Å². The first kappa shape index (κ1) is 16.5. The van der Waals surface area contributed by atoms with E-state index in [0.29, 0.717) is 6.04 Å². The smallest absolute Gasteiger partial charge is 0.0455 e. The molecular formula is C18H27ClN2. The summed E-state index contributed by atoms with van der Waals surface area (Å²) in [5.41, 5.74) is 1.54. The Kier molecular flexibility index (Phi) is 5.48. The third-order valence-corrected chi connectivity index (χ3v) is 5.31. The van der Waals surface area contributed by atoms with Gasteiger partial charge in [-0.2, -0.15) is 0 Å². The normalized spacial score (nSPS) is 26.3. The van der Waals surface area contributed by atoms with Gasteiger partial charge in [0.2, 0.25) is 0 Å². The topological polar surface area (TPSA) is 6.48 Å². The molecule has 0 radical (unpaired) electrons. The minimum absolute atomic E-state index is 0.149. The van der Waals surface area contributed by atoms with Crippen LogP contribution in [0.3, 0.4) is 0 Å². The van der Waals surface area contributed by atoms with E-state index in [1.165, 1.54) is 31.2 Å². The number of rotatable bonds is 5. The van der Waals surface area contributed by atoms with Crippen molar-refractivity contribution in [2.24, 2.45) is 0 Å². The van der Waals surface area contributed by atoms with Gasteiger partial charge in [-0.1, -0.05) is 29.8 Å². The highest BCUT2D eigenvalue weighted by Gasteiger charge is 2.39. The highest BCUT2D eigenvalue weighted by Crippen LogP contribution is 2.42. The molecule has 0 atom stereocenters. The summed E-state index contributed by atoms with van der Waals surface area (Å²) in [6.07, 6.45) is 6.82. The van der Waals surface area contributed by atoms with E-state index >= 15 is 0 Å². The van der Waals surface area contributed by atoms with Gasteiger partial charge in [-0.3, -0.25) is 9.80 Å². The van der Waals surface area contributed by atoms with Gasteiger partial charge in [-0.05, 0) is 64.5 Å². The van der Waals surface area contributed by atoms with E-state index < -0.39 is 0 Å². The van der Waals surface area contributed by atoms with Crippen LogP contribution in [0.1, 0.15) is 31.2 Å². The fraction of sp³-hybridized carbons (Fsp3) is 0.556. The molecule has 0 heterocycles. The first-order valence-electron chi connectivity index (χ1n) is 7.74. The molecule has 1 aromatic carbocycles. The van der Waals surface area contributed by atoms with Crippen molar-refractivity contribution in [3.63, 3.8) is 0 Å². The van der Waals surface area contributed by atoms with Crippen LogP contribution in [0.15, 0.2) is 36.9 Å². The summed E-state index contributed by atoms with van der Waals surface area (Å²) in [6.45, 7) is 4.82. The molecule has 2 nitrogen and oxygen atoms in total. The maximum atomic E-state index is 6.05. The SMILES string of the molecule is C=CCN(C)C1CCC(c2ccc(Cl)cc2)(N(C)C)CC1. The molecule has 0 aliphatic heterocycles. The summed E-state index contributed by atoms with van der Waals surface area (Å²) >= 11 is 6.05. The van der Waals surface area contributed by atoms with Crippen LogP contribution in [0.5, 0.6) is 0 Å². The zero-order valence-electron chi connectivity index (χ0n) is 13.5. The molecule has 1 aliphatic rings. The van der Waals surface area contributed by atoms with Crippen molar-refractivity contribution < 1.29 is 0 Å². The van der Waals surface area contributed by atoms with E-state index in [4.69, 9.17) is 11.6 Å². The second-order valence-electron chi connectivity index (χ2n) is 6.39. The van der Waals surface area contributed by atoms with E-state index in [9.17, 15) is 0 Å². The molecule has 0 amide bonds. The summed E-state index contributed by atoms with van der Waals surface area (Å²) in [6, 6.07) is 9.07. The third kappa shape index (κ3) is 3.50. The van der Waals surface area contributed by atoms with Crippen LogP contribution < -0.4 is 0 Å². The molecule has 1 aliphatic carbocycles. The lowest BCUT2D eigenvalue weighted by Crippen LogP contribution is -2.48. The first-order valence-corrected chi connectivity index (χ1v) is 8.12. The number of likely N-dealkylation sites (N-methyl/N-ethyl adjacent to an activating group) is 1. The van der Waals surface area contributed by atoms with Crippen molar-refractivity contribution in [2.45, 2.75) is 37.3 Å². The second kappa shape index (κ2) is 6.95. The summed E-state index contributed by atoms with van der Waals surface area (Å²) in [7, 11) is 6.60. The van der Waals surface area contributed by atoms with Crippen molar-refractivity contribution in [3.05, 3.63) is 47.5 Å². The van der Waals surface area contributed by atoms with Gasteiger partial charge in [-0.15, -0.1) is 6.58 Å². The molecule has 0 unspecified atom stereocenters. The summed E-state index contributed by atoms with van der Waals surface area (Å²) < 4.78 is 0. The Morgan fingerprint density at radius 3 is 2.24 bits per heavy atom. The van der Waals surface area contributed by atoms with Crippen LogP contribution in [-0.4, -0.2) is 43.5 Å². The minimum Gasteiger partial charge on any atom is -0.300 e. The number of halogens is 1. The summed E-state index contributed by atoms with van der Waals surface area (Å²) in [5.74, 6) is 0. The molecule has 0 aromatic heterocycles. The largest absolute Gasteiger partial charge is 0.300 e. The maximum Gasteiger partial charge on any atom is 0.0455 e. The van der Waals surface area contributed by atoms with Gasteiger partial charge < -0.3 is 0 Å². The lowest BCUT2D eigenvalue weighted by atomic mass is 9.73. The lowest BCUT2D eigenvalue weighted by molar-refractivity contribution is 0.0605. The van der Waals surface area contributed by atoms with Gasteiger partial charge >= 0.3 is 0 Å². The zero-order valence-corrected chi connectivity index (χ0v) is 14.2. The predicted molar refractivity (Wildman–Crippen MR) is 91.9 cm³/mol. The van der Waals surface area contributed by atoms with Crippen LogP contribution in [0.2, 0.25) is 5.02 Å². The van der Waals surface area contributed by atoms with E-state index in [1.807, 2.05) is 18.2 Å². The molecule has 116 valence electrons. The monoisotopic (exact) mass is 306 g/mol. The van der Waals surface area contributed by atoms with Crippen molar-refractivity contribution in [2.75, 3.05) is 27.7 Å². The Labute approximate surface area is 134 Å². The van der Waals surface area contributed by atoms with Gasteiger partial charge in [-0.25, -0.2) is 0 Å². The Morgan fingerprint density at radius 2 is 1.76 bits per heavy atom. The first-order chi connectivity index (χ1) is 9.99. The van der Waals surface area contributed by atoms with Crippen LogP contribution >= 0.6 is 11.6 Å². The van der Waals surface area contributed by atoms with Crippen LogP contribution in [0, 0.1) is 0 Å². The summed E-state index contributed by atoms with van der Waals surface area (Å²) in [4.78, 5) is 4.81. The fourth-order valence-corrected chi connectivity index (χ4v) is 3.75. The zero-order chi connectivity index (χ0) is 15.5. The van der Waals surface area contributed by atoms with Gasteiger partial charge in [0, 0.05) is 23.1 Å². The minimum atomic E-state index is 0.149. The standard InChI is InChI=1S/C18H27ClN2/c1-5-14-21(4)17-10-12-18(13-11-17,20(2)3)15-6-8-16(19)9-7-15/h5-9,17H,1,10-14H2,2-4H3. The van der Waals surface area contributed by atoms with Crippen LogP contribution in [0.4, 0.5) is 0 Å². The molecule has 1 saturated carbocycles. The quantitative estimate of drug-likeness (QED) is 0.754. The molecule has 3 heteroatoms. The average molecular weight is 307 g/mol. The molecule has 0 bridgehead atoms. The third-order valence-electron chi connectivity index (χ3n) is 5.06. The number of hydrogen-bond acceptors (Lipinski definition) is 2. The Balaban J connectivity index is 2.15. The Hall–Kier alpha value is -0.830. The van der Waals surface area contributed by atoms with Gasteiger partial charge in [0.05, 0.1) is 0 Å². The summed E-state index contributed by atoms with van der Waals surface area (Å²) in [5, 5.41) is 0.812. The molecule has 1 fully saturated rings. The maximum absolute atomic E-state index is 6.05. The van der Waals surface area contributed by atoms with Crippen molar-refractivity contribution in [1.82, 2.24) is 9.80 Å². The second-order valence-corrected chi connectivity index (χ2v) is 6.83. The van der Waals surface area contributed by atoms with Gasteiger partial charge in [0.1, 0.15) is 0 Å². The van der Waals surface area contributed by atoms with E-state index in [2.05, 4.69) is 49.7 Å². The lowest BCUT2D eigenvalue weighted by Gasteiger charge is -2.47. The van der Waals surface area contributed by atoms with E-state index in [-0.39, 0.29) is 5.54 Å². The van der Waals surface area contributed by atoms with Gasteiger partial charge in [0.25, 0.3) is 0 Å². The average Bonchev–Trinajstić information content (AvgIpc) is 2.48. The Bertz CT molecular complexity index is 459. The van der Waals surface area contributed by atoms with Crippen LogP contribution in [0.25, 0.3) is 0 Å². The van der Waals surface area contributed by atoms with Crippen LogP contribution in [-0.2, 0) is 5.54 Å². The number of benzene rings is 1. The highest BCUT2D eigenvalue weighted by molar-refractivity contribution is 6.30. The number of nitrogens with zero attached hydrogens (tertiary/aromatic N) is 2. The van der Waals surface area contributed by atoms with Gasteiger partial charge in [0.15, 0.2) is 0 Å². The molecule has 2 rings (SSSR count). The van der Waals surface area contributed by atoms with Crippen molar-refractivity contribution in [1.29, 1.82) is 0 Å². The molecule has 1 aromatic rings. The molecule has 21 heavy (non-hydrogen) atoms. The van der Waals surface area contributed by atoms with E-state index in [1.54, 1.807) is 0 Å². The molecule has 0 saturated heterocycles. The fourth-order valence-electron chi connectivity index (χ4n) is 3.63. The van der Waals surface area contributed by atoms with Crippen molar-refractivity contribution >= 4 is 11.6 Å². The predicted octanol–water partition coefficient (Wildman–Crippen LogP) is 4.16. The molecule has 0 N–H and O–H groups in total. The highest BCUT2D eigenvalue weighted by atomic mass is 35.5. The number of hydrogen-bond donors (Lipinski definition) is 0.